The van der Waals surface area contributed by atoms with Crippen molar-refractivity contribution in [3.63, 3.8) is 0 Å². The molecule has 84 valence electrons. The molecule has 0 spiro atoms. The summed E-state index contributed by atoms with van der Waals surface area (Å²) in [6, 6.07) is 3.67. The van der Waals surface area contributed by atoms with Crippen molar-refractivity contribution in [2.45, 2.75) is 32.4 Å². The summed E-state index contributed by atoms with van der Waals surface area (Å²) in [7, 11) is 1.80. The van der Waals surface area contributed by atoms with Crippen LogP contribution in [0.15, 0.2) is 17.5 Å². The van der Waals surface area contributed by atoms with Gasteiger partial charge in [0.2, 0.25) is 5.91 Å². The summed E-state index contributed by atoms with van der Waals surface area (Å²) >= 11 is 1.66. The van der Waals surface area contributed by atoms with Crippen LogP contribution in [0.2, 0.25) is 0 Å². The third-order valence-corrected chi connectivity index (χ3v) is 3.13. The molecule has 1 atom stereocenters. The predicted molar refractivity (Wildman–Crippen MR) is 63.7 cm³/mol. The van der Waals surface area contributed by atoms with Crippen molar-refractivity contribution in [1.82, 2.24) is 4.90 Å². The number of likely N-dealkylation sites (N-methyl/N-ethyl adjacent to an activating group) is 1. The van der Waals surface area contributed by atoms with Crippen LogP contribution in [-0.2, 0) is 11.3 Å². The van der Waals surface area contributed by atoms with Crippen LogP contribution in [0.5, 0.6) is 0 Å². The fourth-order valence-electron chi connectivity index (χ4n) is 1.43. The van der Waals surface area contributed by atoms with E-state index in [0.717, 1.165) is 12.8 Å². The minimum atomic E-state index is -0.347. The van der Waals surface area contributed by atoms with Gasteiger partial charge < -0.3 is 10.6 Å². The summed E-state index contributed by atoms with van der Waals surface area (Å²) in [6.07, 6.45) is 1.70. The van der Waals surface area contributed by atoms with Gasteiger partial charge in [0.1, 0.15) is 0 Å². The molecule has 1 heterocycles. The number of carbonyl (C=O) groups excluding carboxylic acids is 1. The Bertz CT molecular complexity index is 298. The molecule has 0 saturated carbocycles. The Hall–Kier alpha value is -0.870. The Morgan fingerprint density at radius 2 is 2.40 bits per heavy atom. The van der Waals surface area contributed by atoms with Crippen molar-refractivity contribution in [2.75, 3.05) is 7.05 Å². The van der Waals surface area contributed by atoms with Crippen LogP contribution in [0, 0.1) is 0 Å². The first-order chi connectivity index (χ1) is 7.15. The number of hydrogen-bond donors (Lipinski definition) is 1. The van der Waals surface area contributed by atoms with Crippen LogP contribution in [0.3, 0.4) is 0 Å². The lowest BCUT2D eigenvalue weighted by Gasteiger charge is -2.20. The monoisotopic (exact) mass is 226 g/mol. The Balaban J connectivity index is 2.46. The van der Waals surface area contributed by atoms with Gasteiger partial charge >= 0.3 is 0 Å². The van der Waals surface area contributed by atoms with E-state index in [1.165, 1.54) is 4.88 Å². The molecule has 0 radical (unpaired) electrons. The van der Waals surface area contributed by atoms with Crippen LogP contribution < -0.4 is 5.73 Å². The average Bonchev–Trinajstić information content (AvgIpc) is 2.69. The Kier molecular flexibility index (Phi) is 4.78. The van der Waals surface area contributed by atoms with E-state index >= 15 is 0 Å². The van der Waals surface area contributed by atoms with E-state index < -0.39 is 0 Å². The second kappa shape index (κ2) is 5.88. The van der Waals surface area contributed by atoms with Crippen molar-refractivity contribution >= 4 is 17.2 Å². The molecule has 15 heavy (non-hydrogen) atoms. The topological polar surface area (TPSA) is 46.3 Å². The Morgan fingerprint density at radius 1 is 1.67 bits per heavy atom. The fourth-order valence-corrected chi connectivity index (χ4v) is 2.19. The molecule has 0 aliphatic rings. The van der Waals surface area contributed by atoms with Gasteiger partial charge in [0.05, 0.1) is 12.6 Å². The molecule has 1 aromatic rings. The van der Waals surface area contributed by atoms with Crippen LogP contribution >= 0.6 is 11.3 Å². The lowest BCUT2D eigenvalue weighted by molar-refractivity contribution is -0.131. The highest BCUT2D eigenvalue weighted by molar-refractivity contribution is 7.09. The van der Waals surface area contributed by atoms with Crippen molar-refractivity contribution in [3.05, 3.63) is 22.4 Å². The summed E-state index contributed by atoms with van der Waals surface area (Å²) in [5.74, 6) is 0.0326. The zero-order valence-corrected chi connectivity index (χ0v) is 10.1. The minimum absolute atomic E-state index is 0.0326. The summed E-state index contributed by atoms with van der Waals surface area (Å²) < 4.78 is 0. The number of amides is 1. The van der Waals surface area contributed by atoms with E-state index in [-0.39, 0.29) is 11.9 Å². The van der Waals surface area contributed by atoms with Crippen LogP contribution in [0.4, 0.5) is 0 Å². The Labute approximate surface area is 94.9 Å². The summed E-state index contributed by atoms with van der Waals surface area (Å²) in [4.78, 5) is 14.7. The van der Waals surface area contributed by atoms with Gasteiger partial charge in [-0.2, -0.15) is 0 Å². The molecule has 0 aliphatic carbocycles. The quantitative estimate of drug-likeness (QED) is 0.832. The average molecular weight is 226 g/mol. The molecular weight excluding hydrogens is 208 g/mol. The Morgan fingerprint density at radius 3 is 2.93 bits per heavy atom. The van der Waals surface area contributed by atoms with Gasteiger partial charge in [-0.3, -0.25) is 4.79 Å². The van der Waals surface area contributed by atoms with Gasteiger partial charge in [0.15, 0.2) is 0 Å². The van der Waals surface area contributed by atoms with E-state index in [2.05, 4.69) is 0 Å². The second-order valence-corrected chi connectivity index (χ2v) is 4.70. The maximum Gasteiger partial charge on any atom is 0.239 e. The molecule has 0 aliphatic heterocycles. The van der Waals surface area contributed by atoms with Crippen LogP contribution in [-0.4, -0.2) is 23.9 Å². The molecule has 3 nitrogen and oxygen atoms in total. The van der Waals surface area contributed by atoms with Crippen molar-refractivity contribution in [2.24, 2.45) is 5.73 Å². The largest absolute Gasteiger partial charge is 0.339 e. The first kappa shape index (κ1) is 12.2. The van der Waals surface area contributed by atoms with Gasteiger partial charge in [-0.25, -0.2) is 0 Å². The highest BCUT2D eigenvalue weighted by Crippen LogP contribution is 2.11. The maximum absolute atomic E-state index is 11.8. The van der Waals surface area contributed by atoms with E-state index in [0.29, 0.717) is 6.54 Å². The number of carbonyl (C=O) groups is 1. The lowest BCUT2D eigenvalue weighted by atomic mass is 10.1. The maximum atomic E-state index is 11.8. The summed E-state index contributed by atoms with van der Waals surface area (Å²) in [5.41, 5.74) is 5.77. The molecule has 1 amide bonds. The second-order valence-electron chi connectivity index (χ2n) is 3.67. The smallest absolute Gasteiger partial charge is 0.239 e. The van der Waals surface area contributed by atoms with E-state index in [1.54, 1.807) is 23.3 Å². The van der Waals surface area contributed by atoms with E-state index in [1.807, 2.05) is 24.4 Å². The zero-order chi connectivity index (χ0) is 11.3. The number of nitrogens with zero attached hydrogens (tertiary/aromatic N) is 1. The standard InChI is InChI=1S/C11H18N2OS/c1-3-5-10(12)11(14)13(2)8-9-6-4-7-15-9/h4,6-7,10H,3,5,8,12H2,1-2H3/t10-/m1/s1. The van der Waals surface area contributed by atoms with Gasteiger partial charge in [-0.15, -0.1) is 11.3 Å². The molecule has 0 bridgehead atoms. The summed E-state index contributed by atoms with van der Waals surface area (Å²) in [6.45, 7) is 2.69. The highest BCUT2D eigenvalue weighted by atomic mass is 32.1. The van der Waals surface area contributed by atoms with Gasteiger partial charge in [0.25, 0.3) is 0 Å². The van der Waals surface area contributed by atoms with Gasteiger partial charge in [-0.1, -0.05) is 19.4 Å². The fraction of sp³-hybridized carbons (Fsp3) is 0.545. The van der Waals surface area contributed by atoms with Gasteiger partial charge in [0, 0.05) is 11.9 Å². The summed E-state index contributed by atoms with van der Waals surface area (Å²) in [5, 5.41) is 2.01. The SMILES string of the molecule is CCC[C@@H](N)C(=O)N(C)Cc1cccs1. The predicted octanol–water partition coefficient (Wildman–Crippen LogP) is 1.83. The molecule has 2 N–H and O–H groups in total. The molecule has 0 aromatic carbocycles. The number of hydrogen-bond acceptors (Lipinski definition) is 3. The van der Waals surface area contributed by atoms with E-state index in [4.69, 9.17) is 5.73 Å². The first-order valence-corrected chi connectivity index (χ1v) is 6.06. The molecule has 1 rings (SSSR count). The molecule has 1 aromatic heterocycles. The number of rotatable bonds is 5. The molecule has 0 unspecified atom stereocenters. The normalized spacial score (nSPS) is 12.5. The third kappa shape index (κ3) is 3.64. The van der Waals surface area contributed by atoms with E-state index in [9.17, 15) is 4.79 Å². The highest BCUT2D eigenvalue weighted by Gasteiger charge is 2.17. The van der Waals surface area contributed by atoms with Crippen molar-refractivity contribution < 1.29 is 4.79 Å². The minimum Gasteiger partial charge on any atom is -0.339 e. The first-order valence-electron chi connectivity index (χ1n) is 5.18. The van der Waals surface area contributed by atoms with Crippen LogP contribution in [0.1, 0.15) is 24.6 Å². The van der Waals surface area contributed by atoms with Crippen molar-refractivity contribution in [3.8, 4) is 0 Å². The van der Waals surface area contributed by atoms with Crippen molar-refractivity contribution in [1.29, 1.82) is 0 Å². The zero-order valence-electron chi connectivity index (χ0n) is 9.27. The molecule has 4 heteroatoms. The lowest BCUT2D eigenvalue weighted by Crippen LogP contribution is -2.41. The van der Waals surface area contributed by atoms with Crippen LogP contribution in [0.25, 0.3) is 0 Å². The molecular formula is C11H18N2OS. The number of thiophene rings is 1. The number of nitrogens with two attached hydrogens (primary N) is 1. The third-order valence-electron chi connectivity index (χ3n) is 2.27. The molecule has 0 fully saturated rings. The molecule has 0 saturated heterocycles. The van der Waals surface area contributed by atoms with Gasteiger partial charge in [-0.05, 0) is 17.9 Å².